The molecule has 1 heterocycles. The number of hydrogen-bond donors (Lipinski definition) is 2. The average Bonchev–Trinajstić information content (AvgIpc) is 2.91. The molecule has 1 aliphatic carbocycles. The molecule has 1 aliphatic heterocycles. The molecule has 2 N–H and O–H groups in total. The zero-order valence-corrected chi connectivity index (χ0v) is 12.6. The first kappa shape index (κ1) is 14.8. The second-order valence-electron chi connectivity index (χ2n) is 6.64. The van der Waals surface area contributed by atoms with Crippen LogP contribution in [0.1, 0.15) is 65.2 Å². The van der Waals surface area contributed by atoms with E-state index in [4.69, 9.17) is 0 Å². The van der Waals surface area contributed by atoms with Gasteiger partial charge in [0.15, 0.2) is 0 Å². The van der Waals surface area contributed by atoms with Crippen molar-refractivity contribution < 1.29 is 4.79 Å². The highest BCUT2D eigenvalue weighted by atomic mass is 16.2. The molecule has 0 aromatic rings. The Bertz CT molecular complexity index is 289. The molecule has 0 aromatic heterocycles. The Hall–Kier alpha value is -0.570. The van der Waals surface area contributed by atoms with E-state index < -0.39 is 0 Å². The maximum Gasteiger partial charge on any atom is 0.240 e. The highest BCUT2D eigenvalue weighted by Crippen LogP contribution is 2.30. The van der Waals surface area contributed by atoms with E-state index in [1.54, 1.807) is 0 Å². The molecule has 3 nitrogen and oxygen atoms in total. The lowest BCUT2D eigenvalue weighted by Crippen LogP contribution is -2.53. The minimum atomic E-state index is -0.263. The number of carbonyl (C=O) groups excluding carboxylic acids is 1. The van der Waals surface area contributed by atoms with Crippen LogP contribution in [0.25, 0.3) is 0 Å². The molecule has 0 aromatic carbocycles. The standard InChI is InChI=1S/C16H30N2O/c1-3-16(10-4-11-18-16)15(19)17-12-9-14-7-5-13(2)6-8-14/h13-14,18H,3-12H2,1-2H3,(H,17,19). The summed E-state index contributed by atoms with van der Waals surface area (Å²) < 4.78 is 0. The minimum Gasteiger partial charge on any atom is -0.354 e. The van der Waals surface area contributed by atoms with E-state index in [1.165, 1.54) is 25.7 Å². The molecule has 19 heavy (non-hydrogen) atoms. The van der Waals surface area contributed by atoms with Crippen LogP contribution in [0.3, 0.4) is 0 Å². The Balaban J connectivity index is 1.69. The quantitative estimate of drug-likeness (QED) is 0.803. The van der Waals surface area contributed by atoms with Crippen molar-refractivity contribution in [3.8, 4) is 0 Å². The summed E-state index contributed by atoms with van der Waals surface area (Å²) in [5.41, 5.74) is -0.263. The third-order valence-corrected chi connectivity index (χ3v) is 5.26. The van der Waals surface area contributed by atoms with Crippen molar-refractivity contribution in [1.82, 2.24) is 10.6 Å². The largest absolute Gasteiger partial charge is 0.354 e. The molecule has 0 bridgehead atoms. The van der Waals surface area contributed by atoms with Crippen LogP contribution >= 0.6 is 0 Å². The van der Waals surface area contributed by atoms with Crippen molar-refractivity contribution in [2.45, 2.75) is 70.8 Å². The Labute approximate surface area is 117 Å². The fourth-order valence-corrected chi connectivity index (χ4v) is 3.64. The number of amides is 1. The van der Waals surface area contributed by atoms with Gasteiger partial charge in [-0.1, -0.05) is 39.5 Å². The summed E-state index contributed by atoms with van der Waals surface area (Å²) in [5.74, 6) is 1.99. The van der Waals surface area contributed by atoms with Crippen LogP contribution in [0.2, 0.25) is 0 Å². The first-order valence-corrected chi connectivity index (χ1v) is 8.19. The number of nitrogens with one attached hydrogen (secondary N) is 2. The Morgan fingerprint density at radius 1 is 1.32 bits per heavy atom. The van der Waals surface area contributed by atoms with Gasteiger partial charge in [-0.15, -0.1) is 0 Å². The van der Waals surface area contributed by atoms with Gasteiger partial charge in [0.1, 0.15) is 0 Å². The molecule has 2 aliphatic rings. The van der Waals surface area contributed by atoms with E-state index in [1.807, 2.05) is 0 Å². The van der Waals surface area contributed by atoms with Crippen molar-refractivity contribution >= 4 is 5.91 Å². The molecule has 1 saturated carbocycles. The lowest BCUT2D eigenvalue weighted by molar-refractivity contribution is -0.127. The zero-order chi connectivity index (χ0) is 13.7. The van der Waals surface area contributed by atoms with Gasteiger partial charge in [-0.05, 0) is 44.1 Å². The SMILES string of the molecule is CCC1(C(=O)NCCC2CCC(C)CC2)CCCN1. The minimum absolute atomic E-state index is 0.233. The Morgan fingerprint density at radius 2 is 2.05 bits per heavy atom. The van der Waals surface area contributed by atoms with Crippen LogP contribution in [0.5, 0.6) is 0 Å². The Morgan fingerprint density at radius 3 is 2.63 bits per heavy atom. The molecule has 1 saturated heterocycles. The first-order chi connectivity index (χ1) is 9.16. The normalized spacial score (nSPS) is 35.3. The van der Waals surface area contributed by atoms with Gasteiger partial charge >= 0.3 is 0 Å². The summed E-state index contributed by atoms with van der Waals surface area (Å²) >= 11 is 0. The number of hydrogen-bond acceptors (Lipinski definition) is 2. The third-order valence-electron chi connectivity index (χ3n) is 5.26. The van der Waals surface area contributed by atoms with Crippen molar-refractivity contribution in [1.29, 1.82) is 0 Å². The van der Waals surface area contributed by atoms with E-state index in [0.29, 0.717) is 0 Å². The van der Waals surface area contributed by atoms with Gasteiger partial charge in [-0.25, -0.2) is 0 Å². The van der Waals surface area contributed by atoms with Gasteiger partial charge in [0.2, 0.25) is 5.91 Å². The molecule has 0 spiro atoms. The van der Waals surface area contributed by atoms with Crippen molar-refractivity contribution in [3.05, 3.63) is 0 Å². The summed E-state index contributed by atoms with van der Waals surface area (Å²) in [4.78, 5) is 12.3. The van der Waals surface area contributed by atoms with E-state index in [2.05, 4.69) is 24.5 Å². The summed E-state index contributed by atoms with van der Waals surface area (Å²) in [6, 6.07) is 0. The smallest absolute Gasteiger partial charge is 0.240 e. The predicted octanol–water partition coefficient (Wildman–Crippen LogP) is 2.85. The maximum atomic E-state index is 12.3. The van der Waals surface area contributed by atoms with Gasteiger partial charge in [0.05, 0.1) is 5.54 Å². The fourth-order valence-electron chi connectivity index (χ4n) is 3.64. The maximum absolute atomic E-state index is 12.3. The summed E-state index contributed by atoms with van der Waals surface area (Å²) in [5, 5.41) is 6.58. The number of rotatable bonds is 5. The van der Waals surface area contributed by atoms with Crippen molar-refractivity contribution in [3.63, 3.8) is 0 Å². The molecule has 1 atom stereocenters. The van der Waals surface area contributed by atoms with Gasteiger partial charge in [0, 0.05) is 6.54 Å². The van der Waals surface area contributed by atoms with Crippen LogP contribution in [-0.4, -0.2) is 24.5 Å². The lowest BCUT2D eigenvalue weighted by atomic mass is 9.81. The van der Waals surface area contributed by atoms with Crippen LogP contribution in [-0.2, 0) is 4.79 Å². The van der Waals surface area contributed by atoms with Gasteiger partial charge in [0.25, 0.3) is 0 Å². The van der Waals surface area contributed by atoms with E-state index >= 15 is 0 Å². The van der Waals surface area contributed by atoms with Crippen LogP contribution in [0.15, 0.2) is 0 Å². The summed E-state index contributed by atoms with van der Waals surface area (Å²) in [6.45, 7) is 6.32. The summed E-state index contributed by atoms with van der Waals surface area (Å²) in [7, 11) is 0. The second-order valence-corrected chi connectivity index (χ2v) is 6.64. The molecular formula is C16H30N2O. The summed E-state index contributed by atoms with van der Waals surface area (Å²) in [6.07, 6.45) is 9.65. The second kappa shape index (κ2) is 6.74. The fraction of sp³-hybridized carbons (Fsp3) is 0.938. The van der Waals surface area contributed by atoms with Gasteiger partial charge < -0.3 is 10.6 Å². The number of carbonyl (C=O) groups is 1. The predicted molar refractivity (Wildman–Crippen MR) is 79.0 cm³/mol. The van der Waals surface area contributed by atoms with Gasteiger partial charge in [-0.3, -0.25) is 4.79 Å². The van der Waals surface area contributed by atoms with Crippen LogP contribution < -0.4 is 10.6 Å². The van der Waals surface area contributed by atoms with Crippen molar-refractivity contribution in [2.75, 3.05) is 13.1 Å². The first-order valence-electron chi connectivity index (χ1n) is 8.19. The molecular weight excluding hydrogens is 236 g/mol. The highest BCUT2D eigenvalue weighted by Gasteiger charge is 2.38. The lowest BCUT2D eigenvalue weighted by Gasteiger charge is -2.29. The average molecular weight is 266 g/mol. The van der Waals surface area contributed by atoms with Crippen molar-refractivity contribution in [2.24, 2.45) is 11.8 Å². The molecule has 2 fully saturated rings. The molecule has 2 rings (SSSR count). The van der Waals surface area contributed by atoms with E-state index in [0.717, 1.165) is 50.6 Å². The topological polar surface area (TPSA) is 41.1 Å². The van der Waals surface area contributed by atoms with E-state index in [-0.39, 0.29) is 11.4 Å². The van der Waals surface area contributed by atoms with E-state index in [9.17, 15) is 4.79 Å². The molecule has 1 unspecified atom stereocenters. The van der Waals surface area contributed by atoms with Crippen LogP contribution in [0, 0.1) is 11.8 Å². The van der Waals surface area contributed by atoms with Gasteiger partial charge in [-0.2, -0.15) is 0 Å². The molecule has 0 radical (unpaired) electrons. The highest BCUT2D eigenvalue weighted by molar-refractivity contribution is 5.86. The Kier molecular flexibility index (Phi) is 5.26. The molecule has 3 heteroatoms. The third kappa shape index (κ3) is 3.71. The monoisotopic (exact) mass is 266 g/mol. The van der Waals surface area contributed by atoms with Crippen LogP contribution in [0.4, 0.5) is 0 Å². The molecule has 110 valence electrons. The molecule has 1 amide bonds. The zero-order valence-electron chi connectivity index (χ0n) is 12.6.